The minimum Gasteiger partial charge on any atom is -0.481 e. The third kappa shape index (κ3) is 2.95. The van der Waals surface area contributed by atoms with Gasteiger partial charge >= 0.3 is 0 Å². The van der Waals surface area contributed by atoms with Gasteiger partial charge in [0, 0.05) is 59.2 Å². The van der Waals surface area contributed by atoms with Gasteiger partial charge < -0.3 is 14.6 Å². The van der Waals surface area contributed by atoms with Crippen molar-refractivity contribution in [3.63, 3.8) is 0 Å². The molecule has 6 nitrogen and oxygen atoms in total. The first-order valence-electron chi connectivity index (χ1n) is 10.3. The lowest BCUT2D eigenvalue weighted by Gasteiger charge is -2.15. The number of halogens is 2. The molecule has 1 N–H and O–H groups in total. The molecule has 2 aromatic heterocycles. The van der Waals surface area contributed by atoms with Gasteiger partial charge in [0.15, 0.2) is 11.9 Å². The van der Waals surface area contributed by atoms with Crippen LogP contribution >= 0.6 is 11.6 Å². The van der Waals surface area contributed by atoms with Crippen LogP contribution in [-0.2, 0) is 19.4 Å². The number of nitriles is 1. The zero-order valence-corrected chi connectivity index (χ0v) is 17.5. The van der Waals surface area contributed by atoms with Gasteiger partial charge in [0.1, 0.15) is 17.6 Å². The molecular weight excluding hydrogens is 431 g/mol. The van der Waals surface area contributed by atoms with Crippen LogP contribution in [0.3, 0.4) is 0 Å². The van der Waals surface area contributed by atoms with Crippen LogP contribution in [0.2, 0.25) is 5.02 Å². The van der Waals surface area contributed by atoms with Gasteiger partial charge in [-0.2, -0.15) is 5.26 Å². The van der Waals surface area contributed by atoms with Crippen LogP contribution in [0.25, 0.3) is 22.0 Å². The normalized spacial score (nSPS) is 17.0. The van der Waals surface area contributed by atoms with Crippen molar-refractivity contribution in [1.29, 1.82) is 5.26 Å². The first kappa shape index (κ1) is 19.2. The van der Waals surface area contributed by atoms with Crippen LogP contribution in [-0.4, -0.2) is 16.7 Å². The van der Waals surface area contributed by atoms with E-state index in [1.807, 2.05) is 18.2 Å². The molecule has 2 aliphatic rings. The lowest BCUT2D eigenvalue weighted by atomic mass is 9.96. The van der Waals surface area contributed by atoms with Gasteiger partial charge in [-0.15, -0.1) is 0 Å². The molecule has 2 aromatic carbocycles. The lowest BCUT2D eigenvalue weighted by Crippen LogP contribution is -2.24. The van der Waals surface area contributed by atoms with Crippen LogP contribution in [0, 0.1) is 17.1 Å². The zero-order valence-electron chi connectivity index (χ0n) is 16.8. The number of aromatic nitrogens is 2. The van der Waals surface area contributed by atoms with E-state index in [2.05, 4.69) is 15.5 Å². The highest BCUT2D eigenvalue weighted by atomic mass is 35.5. The standard InChI is InChI=1S/C24H16ClFN4O2/c25-14-5-12-7-22(24-18-11-28-3-2-20(18)30-32-24)31-23(12)17(8-14)15-1-4-29-21-6-13(10-27)19(26)9-16(15)21/h1,4-6,8-9,22,28H,2-3,7,11H2/t22-/m1/s1. The molecule has 0 spiro atoms. The molecule has 0 aliphatic carbocycles. The van der Waals surface area contributed by atoms with E-state index in [1.54, 1.807) is 12.3 Å². The maximum absolute atomic E-state index is 14.4. The Morgan fingerprint density at radius 2 is 2.12 bits per heavy atom. The number of nitrogens with zero attached hydrogens (tertiary/aromatic N) is 3. The summed E-state index contributed by atoms with van der Waals surface area (Å²) in [6.45, 7) is 1.58. The van der Waals surface area contributed by atoms with E-state index in [9.17, 15) is 4.39 Å². The number of hydrogen-bond donors (Lipinski definition) is 1. The number of benzene rings is 2. The number of rotatable bonds is 2. The quantitative estimate of drug-likeness (QED) is 0.472. The fourth-order valence-electron chi connectivity index (χ4n) is 4.57. The SMILES string of the molecule is N#Cc1cc2nccc(-c3cc(Cl)cc4c3O[C@@H](c3onc5c3CNCC5)C4)c2cc1F. The van der Waals surface area contributed by atoms with Crippen molar-refractivity contribution in [1.82, 2.24) is 15.5 Å². The van der Waals surface area contributed by atoms with Crippen LogP contribution in [0.4, 0.5) is 4.39 Å². The summed E-state index contributed by atoms with van der Waals surface area (Å²) in [6.07, 6.45) is 2.75. The molecule has 6 rings (SSSR count). The molecule has 0 saturated heterocycles. The van der Waals surface area contributed by atoms with E-state index in [1.165, 1.54) is 12.1 Å². The summed E-state index contributed by atoms with van der Waals surface area (Å²) in [6, 6.07) is 10.2. The Bertz CT molecular complexity index is 1440. The Kier molecular flexibility index (Phi) is 4.39. The molecule has 4 aromatic rings. The van der Waals surface area contributed by atoms with Gasteiger partial charge in [0.2, 0.25) is 0 Å². The van der Waals surface area contributed by atoms with Gasteiger partial charge in [-0.1, -0.05) is 16.8 Å². The van der Waals surface area contributed by atoms with E-state index >= 15 is 0 Å². The summed E-state index contributed by atoms with van der Waals surface area (Å²) in [7, 11) is 0. The Morgan fingerprint density at radius 3 is 3.00 bits per heavy atom. The zero-order chi connectivity index (χ0) is 21.8. The Labute approximate surface area is 187 Å². The van der Waals surface area contributed by atoms with Crippen molar-refractivity contribution in [3.8, 4) is 22.9 Å². The number of nitrogens with one attached hydrogen (secondary N) is 1. The molecule has 1 atom stereocenters. The number of pyridine rings is 1. The average molecular weight is 447 g/mol. The summed E-state index contributed by atoms with van der Waals surface area (Å²) in [5.74, 6) is 0.827. The molecule has 0 unspecified atom stereocenters. The summed E-state index contributed by atoms with van der Waals surface area (Å²) in [5.41, 5.74) is 4.95. The molecular formula is C24H16ClFN4O2. The van der Waals surface area contributed by atoms with Gasteiger partial charge in [-0.05, 0) is 35.9 Å². The highest BCUT2D eigenvalue weighted by Crippen LogP contribution is 2.47. The van der Waals surface area contributed by atoms with E-state index in [0.29, 0.717) is 34.6 Å². The van der Waals surface area contributed by atoms with Gasteiger partial charge in [-0.3, -0.25) is 4.98 Å². The fourth-order valence-corrected chi connectivity index (χ4v) is 4.81. The van der Waals surface area contributed by atoms with Crippen molar-refractivity contribution in [3.05, 3.63) is 75.5 Å². The smallest absolute Gasteiger partial charge is 0.182 e. The van der Waals surface area contributed by atoms with Crippen LogP contribution in [0.15, 0.2) is 41.1 Å². The average Bonchev–Trinajstić information content (AvgIpc) is 3.41. The maximum Gasteiger partial charge on any atom is 0.182 e. The van der Waals surface area contributed by atoms with E-state index < -0.39 is 5.82 Å². The van der Waals surface area contributed by atoms with Gasteiger partial charge in [0.25, 0.3) is 0 Å². The highest BCUT2D eigenvalue weighted by molar-refractivity contribution is 6.31. The molecule has 0 radical (unpaired) electrons. The lowest BCUT2D eigenvalue weighted by molar-refractivity contribution is 0.189. The van der Waals surface area contributed by atoms with Crippen molar-refractivity contribution in [2.45, 2.75) is 25.5 Å². The van der Waals surface area contributed by atoms with E-state index in [-0.39, 0.29) is 11.7 Å². The van der Waals surface area contributed by atoms with Crippen molar-refractivity contribution < 1.29 is 13.7 Å². The number of hydrogen-bond acceptors (Lipinski definition) is 6. The Hall–Kier alpha value is -3.47. The predicted octanol–water partition coefficient (Wildman–Crippen LogP) is 4.88. The van der Waals surface area contributed by atoms with Gasteiger partial charge in [0.05, 0.1) is 16.8 Å². The first-order valence-corrected chi connectivity index (χ1v) is 10.7. The third-order valence-corrected chi connectivity index (χ3v) is 6.29. The Balaban J connectivity index is 1.48. The molecule has 0 amide bonds. The number of fused-ring (bicyclic) bond motifs is 3. The van der Waals surface area contributed by atoms with Crippen molar-refractivity contribution in [2.75, 3.05) is 6.54 Å². The monoisotopic (exact) mass is 446 g/mol. The molecule has 32 heavy (non-hydrogen) atoms. The number of ether oxygens (including phenoxy) is 1. The van der Waals surface area contributed by atoms with Crippen LogP contribution in [0.1, 0.15) is 34.2 Å². The van der Waals surface area contributed by atoms with E-state index in [0.717, 1.165) is 46.7 Å². The summed E-state index contributed by atoms with van der Waals surface area (Å²) >= 11 is 6.46. The molecule has 2 aliphatic heterocycles. The predicted molar refractivity (Wildman–Crippen MR) is 116 cm³/mol. The summed E-state index contributed by atoms with van der Waals surface area (Å²) in [5, 5.41) is 17.9. The van der Waals surface area contributed by atoms with Crippen molar-refractivity contribution >= 4 is 22.5 Å². The van der Waals surface area contributed by atoms with Crippen LogP contribution < -0.4 is 10.1 Å². The molecule has 0 saturated carbocycles. The summed E-state index contributed by atoms with van der Waals surface area (Å²) < 4.78 is 26.5. The molecule has 8 heteroatoms. The second kappa shape index (κ2) is 7.30. The summed E-state index contributed by atoms with van der Waals surface area (Å²) in [4.78, 5) is 4.32. The molecule has 4 heterocycles. The fraction of sp³-hybridized carbons (Fsp3) is 0.208. The largest absolute Gasteiger partial charge is 0.481 e. The Morgan fingerprint density at radius 1 is 1.22 bits per heavy atom. The molecule has 158 valence electrons. The molecule has 0 bridgehead atoms. The minimum atomic E-state index is -0.590. The minimum absolute atomic E-state index is 0.0431. The maximum atomic E-state index is 14.4. The second-order valence-electron chi connectivity index (χ2n) is 7.97. The topological polar surface area (TPSA) is 84.0 Å². The second-order valence-corrected chi connectivity index (χ2v) is 8.41. The van der Waals surface area contributed by atoms with Crippen LogP contribution in [0.5, 0.6) is 5.75 Å². The van der Waals surface area contributed by atoms with Gasteiger partial charge in [-0.25, -0.2) is 4.39 Å². The molecule has 0 fully saturated rings. The van der Waals surface area contributed by atoms with Crippen molar-refractivity contribution in [2.24, 2.45) is 0 Å². The first-order chi connectivity index (χ1) is 15.6. The highest BCUT2D eigenvalue weighted by Gasteiger charge is 2.34. The third-order valence-electron chi connectivity index (χ3n) is 6.07. The van der Waals surface area contributed by atoms with E-state index in [4.69, 9.17) is 26.1 Å².